The monoisotopic (exact) mass is 284 g/mol. The predicted octanol–water partition coefficient (Wildman–Crippen LogP) is 2.24. The number of nitro groups is 1. The normalized spacial score (nSPS) is 14.1. The third-order valence-corrected chi connectivity index (χ3v) is 3.19. The third kappa shape index (κ3) is 3.93. The maximum Gasteiger partial charge on any atom is 0.333 e. The molecule has 1 unspecified atom stereocenters. The topological polar surface area (TPSA) is 93.2 Å². The lowest BCUT2D eigenvalue weighted by atomic mass is 10.0. The second-order valence-corrected chi connectivity index (χ2v) is 5.38. The van der Waals surface area contributed by atoms with Crippen LogP contribution in [0.5, 0.6) is 0 Å². The second-order valence-electron chi connectivity index (χ2n) is 5.38. The van der Waals surface area contributed by atoms with Crippen molar-refractivity contribution < 1.29 is 10.0 Å². The SMILES string of the molecule is CCCc1nn(C)c(NCC(C)(O)CCC)c1[N+](=O)[O-]. The molecule has 0 spiro atoms. The van der Waals surface area contributed by atoms with Gasteiger partial charge in [-0.2, -0.15) is 5.10 Å². The van der Waals surface area contributed by atoms with E-state index in [-0.39, 0.29) is 12.2 Å². The van der Waals surface area contributed by atoms with E-state index in [1.165, 1.54) is 4.68 Å². The molecule has 1 atom stereocenters. The molecule has 0 amide bonds. The zero-order chi connectivity index (χ0) is 15.3. The largest absolute Gasteiger partial charge is 0.388 e. The van der Waals surface area contributed by atoms with Crippen LogP contribution >= 0.6 is 0 Å². The minimum atomic E-state index is -0.891. The summed E-state index contributed by atoms with van der Waals surface area (Å²) in [6.07, 6.45) is 2.85. The fraction of sp³-hybridized carbons (Fsp3) is 0.769. The molecule has 0 aliphatic carbocycles. The number of nitrogens with one attached hydrogen (secondary N) is 1. The van der Waals surface area contributed by atoms with Crippen LogP contribution < -0.4 is 5.32 Å². The van der Waals surface area contributed by atoms with Gasteiger partial charge in [0.1, 0.15) is 5.69 Å². The van der Waals surface area contributed by atoms with Crippen molar-refractivity contribution in [3.63, 3.8) is 0 Å². The molecule has 0 saturated heterocycles. The van der Waals surface area contributed by atoms with Crippen LogP contribution in [0.4, 0.5) is 11.5 Å². The molecule has 20 heavy (non-hydrogen) atoms. The lowest BCUT2D eigenvalue weighted by Crippen LogP contribution is -2.33. The molecule has 0 aliphatic heterocycles. The van der Waals surface area contributed by atoms with Crippen LogP contribution in [-0.4, -0.2) is 32.0 Å². The van der Waals surface area contributed by atoms with E-state index >= 15 is 0 Å². The summed E-state index contributed by atoms with van der Waals surface area (Å²) in [4.78, 5) is 10.8. The van der Waals surface area contributed by atoms with Crippen LogP contribution in [0.2, 0.25) is 0 Å². The summed E-state index contributed by atoms with van der Waals surface area (Å²) in [6.45, 7) is 5.92. The molecule has 7 nitrogen and oxygen atoms in total. The maximum absolute atomic E-state index is 11.2. The lowest BCUT2D eigenvalue weighted by molar-refractivity contribution is -0.384. The zero-order valence-corrected chi connectivity index (χ0v) is 12.6. The molecule has 0 bridgehead atoms. The summed E-state index contributed by atoms with van der Waals surface area (Å²) < 4.78 is 1.48. The Hall–Kier alpha value is -1.63. The summed E-state index contributed by atoms with van der Waals surface area (Å²) >= 11 is 0. The fourth-order valence-corrected chi connectivity index (χ4v) is 2.26. The van der Waals surface area contributed by atoms with Crippen LogP contribution in [0.1, 0.15) is 45.7 Å². The third-order valence-electron chi connectivity index (χ3n) is 3.19. The van der Waals surface area contributed by atoms with Gasteiger partial charge in [0.05, 0.1) is 10.5 Å². The van der Waals surface area contributed by atoms with E-state index in [1.807, 2.05) is 13.8 Å². The average molecular weight is 284 g/mol. The Bertz CT molecular complexity index is 468. The van der Waals surface area contributed by atoms with Crippen molar-refractivity contribution in [1.29, 1.82) is 0 Å². The highest BCUT2D eigenvalue weighted by Crippen LogP contribution is 2.29. The van der Waals surface area contributed by atoms with Gasteiger partial charge in [-0.3, -0.25) is 10.1 Å². The Morgan fingerprint density at radius 3 is 2.60 bits per heavy atom. The van der Waals surface area contributed by atoms with Crippen LogP contribution in [-0.2, 0) is 13.5 Å². The van der Waals surface area contributed by atoms with E-state index < -0.39 is 10.5 Å². The van der Waals surface area contributed by atoms with Gasteiger partial charge in [-0.05, 0) is 19.8 Å². The molecule has 0 aliphatic rings. The smallest absolute Gasteiger partial charge is 0.333 e. The van der Waals surface area contributed by atoms with Gasteiger partial charge in [0.25, 0.3) is 0 Å². The Morgan fingerprint density at radius 1 is 1.45 bits per heavy atom. The van der Waals surface area contributed by atoms with Crippen LogP contribution in [0.25, 0.3) is 0 Å². The number of aliphatic hydroxyl groups is 1. The van der Waals surface area contributed by atoms with Gasteiger partial charge in [-0.1, -0.05) is 26.7 Å². The summed E-state index contributed by atoms with van der Waals surface area (Å²) in [5.74, 6) is 0.356. The van der Waals surface area contributed by atoms with E-state index in [0.717, 1.165) is 12.8 Å². The van der Waals surface area contributed by atoms with E-state index in [2.05, 4.69) is 10.4 Å². The summed E-state index contributed by atoms with van der Waals surface area (Å²) in [6, 6.07) is 0. The molecule has 7 heteroatoms. The molecule has 1 heterocycles. The molecule has 114 valence electrons. The Morgan fingerprint density at radius 2 is 2.10 bits per heavy atom. The van der Waals surface area contributed by atoms with Gasteiger partial charge in [-0.25, -0.2) is 4.68 Å². The quantitative estimate of drug-likeness (QED) is 0.564. The second kappa shape index (κ2) is 6.69. The number of anilines is 1. The number of rotatable bonds is 8. The first kappa shape index (κ1) is 16.4. The highest BCUT2D eigenvalue weighted by Gasteiger charge is 2.28. The molecule has 0 saturated carbocycles. The Kier molecular flexibility index (Phi) is 5.50. The number of hydrogen-bond acceptors (Lipinski definition) is 5. The number of aromatic nitrogens is 2. The highest BCUT2D eigenvalue weighted by atomic mass is 16.6. The number of aryl methyl sites for hydroxylation is 2. The van der Waals surface area contributed by atoms with Crippen molar-refractivity contribution in [2.45, 2.75) is 52.1 Å². The first-order valence-corrected chi connectivity index (χ1v) is 6.99. The van der Waals surface area contributed by atoms with Crippen LogP contribution in [0.3, 0.4) is 0 Å². The number of nitrogens with zero attached hydrogens (tertiary/aromatic N) is 3. The minimum absolute atomic E-state index is 0.0154. The first-order valence-electron chi connectivity index (χ1n) is 6.99. The standard InChI is InChI=1S/C13H24N4O3/c1-5-7-10-11(17(19)20)12(16(4)15-10)14-9-13(3,18)8-6-2/h14,18H,5-9H2,1-4H3. The predicted molar refractivity (Wildman–Crippen MR) is 77.9 cm³/mol. The maximum atomic E-state index is 11.2. The van der Waals surface area contributed by atoms with Crippen molar-refractivity contribution in [2.75, 3.05) is 11.9 Å². The Labute approximate surface area is 119 Å². The molecule has 1 rings (SSSR count). The highest BCUT2D eigenvalue weighted by molar-refractivity contribution is 5.60. The van der Waals surface area contributed by atoms with Gasteiger partial charge in [0.15, 0.2) is 0 Å². The van der Waals surface area contributed by atoms with Crippen LogP contribution in [0.15, 0.2) is 0 Å². The molecule has 0 fully saturated rings. The summed E-state index contributed by atoms with van der Waals surface area (Å²) in [7, 11) is 1.67. The minimum Gasteiger partial charge on any atom is -0.388 e. The molecular formula is C13H24N4O3. The van der Waals surface area contributed by atoms with E-state index in [9.17, 15) is 15.2 Å². The van der Waals surface area contributed by atoms with Gasteiger partial charge >= 0.3 is 5.69 Å². The average Bonchev–Trinajstić information content (AvgIpc) is 2.63. The van der Waals surface area contributed by atoms with Crippen molar-refractivity contribution in [2.24, 2.45) is 7.05 Å². The van der Waals surface area contributed by atoms with Gasteiger partial charge in [0, 0.05) is 13.6 Å². The first-order chi connectivity index (χ1) is 9.32. The van der Waals surface area contributed by atoms with E-state index in [1.54, 1.807) is 14.0 Å². The molecular weight excluding hydrogens is 260 g/mol. The van der Waals surface area contributed by atoms with Crippen molar-refractivity contribution in [3.8, 4) is 0 Å². The van der Waals surface area contributed by atoms with Crippen molar-refractivity contribution >= 4 is 11.5 Å². The molecule has 1 aromatic rings. The zero-order valence-electron chi connectivity index (χ0n) is 12.6. The molecule has 1 aromatic heterocycles. The fourth-order valence-electron chi connectivity index (χ4n) is 2.26. The van der Waals surface area contributed by atoms with Gasteiger partial charge in [-0.15, -0.1) is 0 Å². The molecule has 2 N–H and O–H groups in total. The summed E-state index contributed by atoms with van der Waals surface area (Å²) in [5, 5.41) is 28.5. The van der Waals surface area contributed by atoms with Gasteiger partial charge < -0.3 is 10.4 Å². The lowest BCUT2D eigenvalue weighted by Gasteiger charge is -2.23. The van der Waals surface area contributed by atoms with E-state index in [4.69, 9.17) is 0 Å². The molecule has 0 aromatic carbocycles. The molecule has 0 radical (unpaired) electrons. The Balaban J connectivity index is 2.97. The van der Waals surface area contributed by atoms with Crippen molar-refractivity contribution in [3.05, 3.63) is 15.8 Å². The number of hydrogen-bond donors (Lipinski definition) is 2. The summed E-state index contributed by atoms with van der Waals surface area (Å²) in [5.41, 5.74) is -0.392. The van der Waals surface area contributed by atoms with Crippen molar-refractivity contribution in [1.82, 2.24) is 9.78 Å². The van der Waals surface area contributed by atoms with Crippen LogP contribution in [0, 0.1) is 10.1 Å². The van der Waals surface area contributed by atoms with Gasteiger partial charge in [0.2, 0.25) is 5.82 Å². The van der Waals surface area contributed by atoms with E-state index in [0.29, 0.717) is 24.4 Å².